The number of aliphatic hydroxyl groups is 2. The van der Waals surface area contributed by atoms with E-state index in [0.717, 1.165) is 25.7 Å². The van der Waals surface area contributed by atoms with Gasteiger partial charge in [-0.2, -0.15) is 0 Å². The van der Waals surface area contributed by atoms with Crippen molar-refractivity contribution in [3.05, 3.63) is 47.6 Å². The highest BCUT2D eigenvalue weighted by atomic mass is 16.3. The van der Waals surface area contributed by atoms with Gasteiger partial charge in [0.25, 0.3) is 0 Å². The Hall–Kier alpha value is -1.12. The van der Waals surface area contributed by atoms with Crippen LogP contribution in [0.3, 0.4) is 0 Å². The van der Waals surface area contributed by atoms with Crippen molar-refractivity contribution in [3.63, 3.8) is 0 Å². The fourth-order valence-electron chi connectivity index (χ4n) is 2.79. The van der Waals surface area contributed by atoms with Gasteiger partial charge in [-0.25, -0.2) is 0 Å². The lowest BCUT2D eigenvalue weighted by Crippen LogP contribution is -2.30. The van der Waals surface area contributed by atoms with Gasteiger partial charge in [-0.3, -0.25) is 0 Å². The van der Waals surface area contributed by atoms with E-state index in [2.05, 4.69) is 36.5 Å². The molecule has 0 fully saturated rings. The van der Waals surface area contributed by atoms with Gasteiger partial charge in [0.2, 0.25) is 0 Å². The summed E-state index contributed by atoms with van der Waals surface area (Å²) in [4.78, 5) is 0. The third-order valence-electron chi connectivity index (χ3n) is 3.80. The minimum Gasteiger partial charge on any atom is -0.396 e. The van der Waals surface area contributed by atoms with Crippen molar-refractivity contribution in [2.45, 2.75) is 25.7 Å². The van der Waals surface area contributed by atoms with Gasteiger partial charge in [0.05, 0.1) is 6.61 Å². The summed E-state index contributed by atoms with van der Waals surface area (Å²) >= 11 is 0. The van der Waals surface area contributed by atoms with Gasteiger partial charge in [0.1, 0.15) is 0 Å². The molecule has 0 saturated carbocycles. The van der Waals surface area contributed by atoms with Gasteiger partial charge in [-0.05, 0) is 25.7 Å². The molecular formula is C15H20O2. The smallest absolute Gasteiger partial charge is 0.0562 e. The van der Waals surface area contributed by atoms with Crippen molar-refractivity contribution in [3.8, 4) is 0 Å². The molecule has 0 aliphatic heterocycles. The van der Waals surface area contributed by atoms with Crippen LogP contribution in [0, 0.1) is 5.41 Å². The average Bonchev–Trinajstić information content (AvgIpc) is 3.04. The van der Waals surface area contributed by atoms with Crippen LogP contribution in [0.2, 0.25) is 0 Å². The first-order valence-electron chi connectivity index (χ1n) is 6.27. The third-order valence-corrected chi connectivity index (χ3v) is 3.80. The molecule has 2 heteroatoms. The van der Waals surface area contributed by atoms with E-state index in [1.165, 1.54) is 11.1 Å². The first kappa shape index (κ1) is 12.3. The molecule has 0 aromatic rings. The highest BCUT2D eigenvalue weighted by molar-refractivity contribution is 5.41. The van der Waals surface area contributed by atoms with Crippen molar-refractivity contribution in [1.29, 1.82) is 0 Å². The quantitative estimate of drug-likeness (QED) is 0.738. The fourth-order valence-corrected chi connectivity index (χ4v) is 2.79. The Morgan fingerprint density at radius 3 is 1.94 bits per heavy atom. The Labute approximate surface area is 103 Å². The second-order valence-electron chi connectivity index (χ2n) is 4.72. The number of hydrogen-bond acceptors (Lipinski definition) is 2. The zero-order valence-corrected chi connectivity index (χ0v) is 10.1. The summed E-state index contributed by atoms with van der Waals surface area (Å²) in [5.74, 6) is 0. The Kier molecular flexibility index (Phi) is 3.97. The molecule has 0 aromatic heterocycles. The maximum absolute atomic E-state index is 9.91. The lowest BCUT2D eigenvalue weighted by molar-refractivity contribution is 0.162. The van der Waals surface area contributed by atoms with Crippen molar-refractivity contribution >= 4 is 0 Å². The molecule has 0 unspecified atom stereocenters. The van der Waals surface area contributed by atoms with Crippen LogP contribution in [0.5, 0.6) is 0 Å². The molecule has 0 amide bonds. The lowest BCUT2D eigenvalue weighted by Gasteiger charge is -2.35. The van der Waals surface area contributed by atoms with E-state index in [0.29, 0.717) is 0 Å². The molecule has 0 atom stereocenters. The van der Waals surface area contributed by atoms with Crippen molar-refractivity contribution < 1.29 is 10.2 Å². The molecule has 0 radical (unpaired) electrons. The maximum atomic E-state index is 9.91. The Bertz CT molecular complexity index is 356. The summed E-state index contributed by atoms with van der Waals surface area (Å²) in [7, 11) is 0. The summed E-state index contributed by atoms with van der Waals surface area (Å²) in [6.45, 7) is 0.317. The molecular weight excluding hydrogens is 212 g/mol. The zero-order valence-electron chi connectivity index (χ0n) is 10.1. The molecule has 2 N–H and O–H groups in total. The van der Waals surface area contributed by atoms with Crippen molar-refractivity contribution in [2.75, 3.05) is 13.2 Å². The SMILES string of the molecule is OCCCC(CO)(C1=CC=CC1)C1=CC=CC1. The maximum Gasteiger partial charge on any atom is 0.0562 e. The van der Waals surface area contributed by atoms with Gasteiger partial charge >= 0.3 is 0 Å². The molecule has 0 aromatic carbocycles. The molecule has 2 aliphatic carbocycles. The van der Waals surface area contributed by atoms with Crippen LogP contribution in [0.1, 0.15) is 25.7 Å². The van der Waals surface area contributed by atoms with E-state index >= 15 is 0 Å². The van der Waals surface area contributed by atoms with Gasteiger partial charge in [0, 0.05) is 12.0 Å². The largest absolute Gasteiger partial charge is 0.396 e. The monoisotopic (exact) mass is 232 g/mol. The van der Waals surface area contributed by atoms with E-state index in [-0.39, 0.29) is 18.6 Å². The third kappa shape index (κ3) is 2.28. The highest BCUT2D eigenvalue weighted by Crippen LogP contribution is 2.45. The molecule has 17 heavy (non-hydrogen) atoms. The average molecular weight is 232 g/mol. The molecule has 0 heterocycles. The van der Waals surface area contributed by atoms with Gasteiger partial charge in [0.15, 0.2) is 0 Å². The molecule has 92 valence electrons. The van der Waals surface area contributed by atoms with Crippen LogP contribution in [0.25, 0.3) is 0 Å². The van der Waals surface area contributed by atoms with E-state index in [9.17, 15) is 5.11 Å². The highest BCUT2D eigenvalue weighted by Gasteiger charge is 2.36. The minimum absolute atomic E-state index is 0.133. The first-order chi connectivity index (χ1) is 8.33. The van der Waals surface area contributed by atoms with Crippen LogP contribution in [-0.4, -0.2) is 23.4 Å². The van der Waals surface area contributed by atoms with E-state index in [1.807, 2.05) is 0 Å². The van der Waals surface area contributed by atoms with Gasteiger partial charge in [-0.1, -0.05) is 47.6 Å². The summed E-state index contributed by atoms with van der Waals surface area (Å²) in [6.07, 6.45) is 16.0. The molecule has 2 aliphatic rings. The summed E-state index contributed by atoms with van der Waals surface area (Å²) in [5, 5.41) is 19.0. The second-order valence-corrected chi connectivity index (χ2v) is 4.72. The van der Waals surface area contributed by atoms with E-state index < -0.39 is 0 Å². The topological polar surface area (TPSA) is 40.5 Å². The summed E-state index contributed by atoms with van der Waals surface area (Å²) in [6, 6.07) is 0. The van der Waals surface area contributed by atoms with Gasteiger partial charge < -0.3 is 10.2 Å². The molecule has 0 bridgehead atoms. The van der Waals surface area contributed by atoms with Crippen LogP contribution >= 0.6 is 0 Å². The second kappa shape index (κ2) is 5.48. The Balaban J connectivity index is 2.25. The summed E-state index contributed by atoms with van der Waals surface area (Å²) < 4.78 is 0. The molecule has 0 spiro atoms. The van der Waals surface area contributed by atoms with Crippen LogP contribution < -0.4 is 0 Å². The minimum atomic E-state index is -0.254. The lowest BCUT2D eigenvalue weighted by atomic mass is 9.70. The molecule has 2 nitrogen and oxygen atoms in total. The Morgan fingerprint density at radius 2 is 1.59 bits per heavy atom. The zero-order chi connectivity index (χ0) is 12.1. The molecule has 0 saturated heterocycles. The number of rotatable bonds is 6. The number of aliphatic hydroxyl groups excluding tert-OH is 2. The predicted molar refractivity (Wildman–Crippen MR) is 69.5 cm³/mol. The predicted octanol–water partition coefficient (Wildman–Crippen LogP) is 2.51. The molecule has 2 rings (SSSR count). The first-order valence-corrected chi connectivity index (χ1v) is 6.27. The normalized spacial score (nSPS) is 18.7. The number of hydrogen-bond donors (Lipinski definition) is 2. The van der Waals surface area contributed by atoms with Crippen molar-refractivity contribution in [1.82, 2.24) is 0 Å². The van der Waals surface area contributed by atoms with Crippen LogP contribution in [-0.2, 0) is 0 Å². The number of allylic oxidation sites excluding steroid dienone is 6. The van der Waals surface area contributed by atoms with E-state index in [1.54, 1.807) is 0 Å². The van der Waals surface area contributed by atoms with E-state index in [4.69, 9.17) is 5.11 Å². The Morgan fingerprint density at radius 1 is 1.00 bits per heavy atom. The summed E-state index contributed by atoms with van der Waals surface area (Å²) in [5.41, 5.74) is 2.31. The van der Waals surface area contributed by atoms with Gasteiger partial charge in [-0.15, -0.1) is 0 Å². The fraction of sp³-hybridized carbons (Fsp3) is 0.467. The van der Waals surface area contributed by atoms with Crippen LogP contribution in [0.15, 0.2) is 47.6 Å². The standard InChI is InChI=1S/C15H20O2/c16-11-5-10-15(12-17,13-6-1-2-7-13)14-8-3-4-9-14/h1-4,6,8,16-17H,5,7,9-12H2. The van der Waals surface area contributed by atoms with Crippen molar-refractivity contribution in [2.24, 2.45) is 5.41 Å². The van der Waals surface area contributed by atoms with Crippen LogP contribution in [0.4, 0.5) is 0 Å².